The van der Waals surface area contributed by atoms with E-state index < -0.39 is 19.9 Å². The lowest BCUT2D eigenvalue weighted by Crippen LogP contribution is -2.15. The Labute approximate surface area is 147 Å². The third-order valence-electron chi connectivity index (χ3n) is 3.86. The predicted molar refractivity (Wildman–Crippen MR) is 98.0 cm³/mol. The van der Waals surface area contributed by atoms with Gasteiger partial charge in [-0.1, -0.05) is 24.3 Å². The van der Waals surface area contributed by atoms with E-state index in [9.17, 15) is 16.8 Å². The first-order valence-corrected chi connectivity index (χ1v) is 10.8. The van der Waals surface area contributed by atoms with Crippen molar-refractivity contribution in [2.45, 2.75) is 16.2 Å². The standard InChI is InChI=1S/C18H17NO4S2/c1-3-7-15-12-14-13-17(24(2,20)21)10-11-18(14)19(15)25(22,23)16-8-5-4-6-9-16/h3-6,8-13H,1,7H2,2H3. The summed E-state index contributed by atoms with van der Waals surface area (Å²) in [6.07, 6.45) is 3.08. The zero-order chi connectivity index (χ0) is 18.2. The van der Waals surface area contributed by atoms with Crippen LogP contribution in [-0.4, -0.2) is 27.1 Å². The third-order valence-corrected chi connectivity index (χ3v) is 6.75. The van der Waals surface area contributed by atoms with E-state index in [4.69, 9.17) is 0 Å². The molecule has 0 radical (unpaired) electrons. The normalized spacial score (nSPS) is 12.4. The van der Waals surface area contributed by atoms with E-state index in [-0.39, 0.29) is 9.79 Å². The summed E-state index contributed by atoms with van der Waals surface area (Å²) in [4.78, 5) is 0.324. The Morgan fingerprint density at radius 3 is 2.24 bits per heavy atom. The number of rotatable bonds is 5. The molecular formula is C18H17NO4S2. The van der Waals surface area contributed by atoms with Gasteiger partial charge in [-0.25, -0.2) is 20.8 Å². The maximum Gasteiger partial charge on any atom is 0.268 e. The fourth-order valence-electron chi connectivity index (χ4n) is 2.73. The van der Waals surface area contributed by atoms with Crippen molar-refractivity contribution >= 4 is 30.8 Å². The Balaban J connectivity index is 2.33. The minimum atomic E-state index is -3.80. The smallest absolute Gasteiger partial charge is 0.238 e. The van der Waals surface area contributed by atoms with Crippen molar-refractivity contribution in [2.75, 3.05) is 6.26 Å². The van der Waals surface area contributed by atoms with Gasteiger partial charge in [0.15, 0.2) is 9.84 Å². The zero-order valence-electron chi connectivity index (χ0n) is 13.6. The Kier molecular flexibility index (Phi) is 4.30. The number of allylic oxidation sites excluding steroid dienone is 1. The summed E-state index contributed by atoms with van der Waals surface area (Å²) in [5, 5.41) is 0.555. The maximum absolute atomic E-state index is 13.1. The molecule has 130 valence electrons. The number of hydrogen-bond acceptors (Lipinski definition) is 4. The molecule has 0 saturated carbocycles. The SMILES string of the molecule is C=CCc1cc2cc(S(C)(=O)=O)ccc2n1S(=O)(=O)c1ccccc1. The summed E-state index contributed by atoms with van der Waals surface area (Å²) in [6.45, 7) is 3.67. The molecule has 0 aliphatic carbocycles. The summed E-state index contributed by atoms with van der Waals surface area (Å²) in [5.41, 5.74) is 0.965. The number of benzene rings is 2. The topological polar surface area (TPSA) is 73.2 Å². The van der Waals surface area contributed by atoms with Crippen LogP contribution in [0.3, 0.4) is 0 Å². The summed E-state index contributed by atoms with van der Waals surface area (Å²) < 4.78 is 51.0. The summed E-state index contributed by atoms with van der Waals surface area (Å²) in [5.74, 6) is 0. The number of sulfone groups is 1. The molecule has 0 saturated heterocycles. The number of nitrogens with zero attached hydrogens (tertiary/aromatic N) is 1. The first-order valence-electron chi connectivity index (χ1n) is 7.51. The van der Waals surface area contributed by atoms with Crippen LogP contribution in [0.1, 0.15) is 5.69 Å². The van der Waals surface area contributed by atoms with Crippen molar-refractivity contribution in [3.8, 4) is 0 Å². The van der Waals surface area contributed by atoms with Crippen LogP contribution in [0.15, 0.2) is 77.0 Å². The van der Waals surface area contributed by atoms with E-state index in [1.165, 1.54) is 34.3 Å². The molecular weight excluding hydrogens is 358 g/mol. The van der Waals surface area contributed by atoms with Crippen LogP contribution in [0.5, 0.6) is 0 Å². The van der Waals surface area contributed by atoms with E-state index in [1.807, 2.05) is 0 Å². The number of fused-ring (bicyclic) bond motifs is 1. The van der Waals surface area contributed by atoms with E-state index in [2.05, 4.69) is 6.58 Å². The number of aromatic nitrogens is 1. The Morgan fingerprint density at radius 1 is 0.960 bits per heavy atom. The van der Waals surface area contributed by atoms with E-state index in [0.29, 0.717) is 23.0 Å². The molecule has 3 aromatic rings. The van der Waals surface area contributed by atoms with Crippen LogP contribution in [0.2, 0.25) is 0 Å². The van der Waals surface area contributed by atoms with Crippen molar-refractivity contribution in [1.82, 2.24) is 3.97 Å². The van der Waals surface area contributed by atoms with Gasteiger partial charge in [-0.2, -0.15) is 0 Å². The van der Waals surface area contributed by atoms with E-state index >= 15 is 0 Å². The molecule has 0 spiro atoms. The lowest BCUT2D eigenvalue weighted by atomic mass is 10.2. The van der Waals surface area contributed by atoms with Gasteiger partial charge in [-0.15, -0.1) is 6.58 Å². The van der Waals surface area contributed by atoms with Gasteiger partial charge in [0, 0.05) is 23.8 Å². The highest BCUT2D eigenvalue weighted by Gasteiger charge is 2.23. The molecule has 0 bridgehead atoms. The molecule has 2 aromatic carbocycles. The monoisotopic (exact) mass is 375 g/mol. The number of hydrogen-bond donors (Lipinski definition) is 0. The van der Waals surface area contributed by atoms with Crippen LogP contribution >= 0.6 is 0 Å². The minimum absolute atomic E-state index is 0.152. The zero-order valence-corrected chi connectivity index (χ0v) is 15.2. The molecule has 0 fully saturated rings. The summed E-state index contributed by atoms with van der Waals surface area (Å²) >= 11 is 0. The lowest BCUT2D eigenvalue weighted by molar-refractivity contribution is 0.587. The van der Waals surface area contributed by atoms with Gasteiger partial charge in [0.25, 0.3) is 10.0 Å². The van der Waals surface area contributed by atoms with E-state index in [1.54, 1.807) is 30.3 Å². The molecule has 5 nitrogen and oxygen atoms in total. The largest absolute Gasteiger partial charge is 0.268 e. The minimum Gasteiger partial charge on any atom is -0.238 e. The second kappa shape index (κ2) is 6.16. The molecule has 1 heterocycles. The first kappa shape index (κ1) is 17.4. The molecule has 0 unspecified atom stereocenters. The molecule has 7 heteroatoms. The highest BCUT2D eigenvalue weighted by Crippen LogP contribution is 2.28. The van der Waals surface area contributed by atoms with Crippen LogP contribution in [0.25, 0.3) is 10.9 Å². The molecule has 1 aromatic heterocycles. The average Bonchev–Trinajstić information content (AvgIpc) is 2.93. The van der Waals surface area contributed by atoms with Gasteiger partial charge in [0.1, 0.15) is 0 Å². The van der Waals surface area contributed by atoms with Gasteiger partial charge >= 0.3 is 0 Å². The quantitative estimate of drug-likeness (QED) is 0.643. The third kappa shape index (κ3) is 3.12. The Bertz CT molecular complexity index is 1160. The lowest BCUT2D eigenvalue weighted by Gasteiger charge is -2.11. The first-order chi connectivity index (χ1) is 11.7. The highest BCUT2D eigenvalue weighted by molar-refractivity contribution is 7.90. The van der Waals surface area contributed by atoms with Crippen LogP contribution in [0, 0.1) is 0 Å². The molecule has 0 amide bonds. The van der Waals surface area contributed by atoms with Crippen molar-refractivity contribution in [3.63, 3.8) is 0 Å². The molecule has 0 atom stereocenters. The van der Waals surface area contributed by atoms with Gasteiger partial charge in [-0.05, 0) is 36.4 Å². The molecule has 0 aliphatic rings. The summed E-state index contributed by atoms with van der Waals surface area (Å²) in [7, 11) is -7.18. The second-order valence-corrected chi connectivity index (χ2v) is 9.51. The van der Waals surface area contributed by atoms with Gasteiger partial charge in [0.2, 0.25) is 0 Å². The van der Waals surface area contributed by atoms with Gasteiger partial charge < -0.3 is 0 Å². The fraction of sp³-hybridized carbons (Fsp3) is 0.111. The fourth-order valence-corrected chi connectivity index (χ4v) is 4.96. The maximum atomic E-state index is 13.1. The van der Waals surface area contributed by atoms with Crippen molar-refractivity contribution in [1.29, 1.82) is 0 Å². The van der Waals surface area contributed by atoms with Crippen LogP contribution in [-0.2, 0) is 26.3 Å². The van der Waals surface area contributed by atoms with Gasteiger partial charge in [-0.3, -0.25) is 0 Å². The van der Waals surface area contributed by atoms with Crippen LogP contribution < -0.4 is 0 Å². The second-order valence-electron chi connectivity index (χ2n) is 5.70. The predicted octanol–water partition coefficient (Wildman–Crippen LogP) is 3.01. The van der Waals surface area contributed by atoms with E-state index in [0.717, 1.165) is 6.26 Å². The van der Waals surface area contributed by atoms with Crippen molar-refractivity contribution in [3.05, 3.63) is 72.9 Å². The van der Waals surface area contributed by atoms with Crippen molar-refractivity contribution in [2.24, 2.45) is 0 Å². The molecule has 3 rings (SSSR count). The molecule has 25 heavy (non-hydrogen) atoms. The van der Waals surface area contributed by atoms with Gasteiger partial charge in [0.05, 0.1) is 15.3 Å². The summed E-state index contributed by atoms with van der Waals surface area (Å²) in [6, 6.07) is 14.3. The Morgan fingerprint density at radius 2 is 1.64 bits per heavy atom. The molecule has 0 N–H and O–H groups in total. The van der Waals surface area contributed by atoms with Crippen molar-refractivity contribution < 1.29 is 16.8 Å². The average molecular weight is 375 g/mol. The Hall–Kier alpha value is -2.38. The molecule has 0 aliphatic heterocycles. The highest BCUT2D eigenvalue weighted by atomic mass is 32.2. The van der Waals surface area contributed by atoms with Crippen LogP contribution in [0.4, 0.5) is 0 Å².